The van der Waals surface area contributed by atoms with Gasteiger partial charge in [-0.05, 0) is 69.2 Å². The molecule has 1 aromatic rings. The van der Waals surface area contributed by atoms with Gasteiger partial charge in [-0.25, -0.2) is 9.18 Å². The minimum Gasteiger partial charge on any atom is -0.374 e. The average Bonchev–Trinajstić information content (AvgIpc) is 3.59. The number of hydrogen-bond donors (Lipinski definition) is 3. The van der Waals surface area contributed by atoms with Crippen LogP contribution >= 0.6 is 0 Å². The van der Waals surface area contributed by atoms with Crippen LogP contribution in [0.4, 0.5) is 22.4 Å². The van der Waals surface area contributed by atoms with Crippen LogP contribution in [-0.4, -0.2) is 60.4 Å². The summed E-state index contributed by atoms with van der Waals surface area (Å²) < 4.78 is 53.0. The van der Waals surface area contributed by atoms with Crippen molar-refractivity contribution in [3.63, 3.8) is 0 Å². The Morgan fingerprint density at radius 3 is 2.41 bits per heavy atom. The molecule has 1 saturated heterocycles. The SMILES string of the molecule is CN/C(=C\C(=N)C(F)(F)F)N1C[C@]2(CC[C@@](NC)(c3cccc(F)c3)CC2)N(CC2CC2)C1=O. The molecule has 3 aliphatic rings. The number of amides is 2. The van der Waals surface area contributed by atoms with E-state index in [4.69, 9.17) is 5.41 Å². The molecular weight excluding hydrogens is 450 g/mol. The second-order valence-electron chi connectivity index (χ2n) is 9.68. The zero-order valence-electron chi connectivity index (χ0n) is 19.4. The van der Waals surface area contributed by atoms with Crippen LogP contribution < -0.4 is 10.6 Å². The summed E-state index contributed by atoms with van der Waals surface area (Å²) in [6, 6.07) is 6.20. The molecule has 0 radical (unpaired) electrons. The summed E-state index contributed by atoms with van der Waals surface area (Å²) in [6.45, 7) is 0.828. The first-order chi connectivity index (χ1) is 16.0. The summed E-state index contributed by atoms with van der Waals surface area (Å²) in [6.07, 6.45) is 0.546. The maximum atomic E-state index is 14.0. The Morgan fingerprint density at radius 2 is 1.88 bits per heavy atom. The Balaban J connectivity index is 1.62. The van der Waals surface area contributed by atoms with Crippen molar-refractivity contribution in [3.05, 3.63) is 47.5 Å². The molecular formula is C24H31F4N5O. The number of benzene rings is 1. The average molecular weight is 482 g/mol. The number of allylic oxidation sites excluding steroid dienone is 1. The normalized spacial score (nSPS) is 28.1. The number of carbonyl (C=O) groups excluding carboxylic acids is 1. The van der Waals surface area contributed by atoms with Crippen LogP contribution in [-0.2, 0) is 5.54 Å². The highest BCUT2D eigenvalue weighted by Crippen LogP contribution is 2.48. The largest absolute Gasteiger partial charge is 0.432 e. The predicted molar refractivity (Wildman–Crippen MR) is 121 cm³/mol. The minimum atomic E-state index is -4.79. The first-order valence-electron chi connectivity index (χ1n) is 11.6. The molecule has 3 fully saturated rings. The minimum absolute atomic E-state index is 0.0272. The molecule has 1 spiro atoms. The van der Waals surface area contributed by atoms with E-state index in [1.807, 2.05) is 18.0 Å². The number of nitrogens with zero attached hydrogens (tertiary/aromatic N) is 2. The number of carbonyl (C=O) groups is 1. The topological polar surface area (TPSA) is 71.5 Å². The van der Waals surface area contributed by atoms with Gasteiger partial charge in [-0.15, -0.1) is 0 Å². The summed E-state index contributed by atoms with van der Waals surface area (Å²) in [4.78, 5) is 16.7. The number of nitrogens with one attached hydrogen (secondary N) is 3. The number of urea groups is 1. The van der Waals surface area contributed by atoms with E-state index in [0.29, 0.717) is 44.2 Å². The van der Waals surface area contributed by atoms with E-state index in [1.54, 1.807) is 6.07 Å². The standard InChI is InChI=1S/C24H31F4N5O/c1-30-20(13-19(29)24(26,27)28)32-15-22(33(21(32)34)14-16-6-7-16)8-10-23(31-2,11-9-22)17-4-3-5-18(25)12-17/h3-5,12-13,16,29-31H,6-11,14-15H2,1-2H3/b20-13+,29-19?/t22-,23+. The molecule has 1 heterocycles. The summed E-state index contributed by atoms with van der Waals surface area (Å²) in [5, 5.41) is 13.4. The van der Waals surface area contributed by atoms with E-state index in [2.05, 4.69) is 10.6 Å². The summed E-state index contributed by atoms with van der Waals surface area (Å²) in [5.74, 6) is 0.0805. The van der Waals surface area contributed by atoms with Crippen molar-refractivity contribution in [2.24, 2.45) is 5.92 Å². The zero-order valence-corrected chi connectivity index (χ0v) is 19.4. The molecule has 2 amide bonds. The lowest BCUT2D eigenvalue weighted by molar-refractivity contribution is -0.0585. The molecule has 34 heavy (non-hydrogen) atoms. The lowest BCUT2D eigenvalue weighted by Gasteiger charge is -2.48. The van der Waals surface area contributed by atoms with E-state index in [9.17, 15) is 22.4 Å². The van der Waals surface area contributed by atoms with Gasteiger partial charge in [-0.3, -0.25) is 10.3 Å². The third-order valence-electron chi connectivity index (χ3n) is 7.65. The van der Waals surface area contributed by atoms with Crippen LogP contribution in [0.25, 0.3) is 0 Å². The highest BCUT2D eigenvalue weighted by atomic mass is 19.4. The van der Waals surface area contributed by atoms with E-state index >= 15 is 0 Å². The van der Waals surface area contributed by atoms with Gasteiger partial charge in [0, 0.05) is 25.2 Å². The molecule has 4 rings (SSSR count). The Kier molecular flexibility index (Phi) is 6.39. The fourth-order valence-electron chi connectivity index (χ4n) is 5.36. The maximum absolute atomic E-state index is 14.0. The molecule has 1 aliphatic heterocycles. The molecule has 0 aromatic heterocycles. The Morgan fingerprint density at radius 1 is 1.21 bits per heavy atom. The summed E-state index contributed by atoms with van der Waals surface area (Å²) in [7, 11) is 3.30. The molecule has 186 valence electrons. The summed E-state index contributed by atoms with van der Waals surface area (Å²) in [5.41, 5.74) is -1.61. The number of hydrogen-bond acceptors (Lipinski definition) is 4. The molecule has 2 aliphatic carbocycles. The highest BCUT2D eigenvalue weighted by Gasteiger charge is 2.55. The van der Waals surface area contributed by atoms with Crippen LogP contribution in [0.1, 0.15) is 44.1 Å². The molecule has 1 aromatic carbocycles. The molecule has 6 nitrogen and oxygen atoms in total. The van der Waals surface area contributed by atoms with Crippen molar-refractivity contribution >= 4 is 11.7 Å². The van der Waals surface area contributed by atoms with Gasteiger partial charge in [0.05, 0.1) is 12.1 Å². The van der Waals surface area contributed by atoms with Crippen LogP contribution in [0.5, 0.6) is 0 Å². The van der Waals surface area contributed by atoms with E-state index in [-0.39, 0.29) is 24.2 Å². The molecule has 3 N–H and O–H groups in total. The first kappa shape index (κ1) is 24.5. The fourth-order valence-corrected chi connectivity index (χ4v) is 5.36. The molecule has 10 heteroatoms. The van der Waals surface area contributed by atoms with Gasteiger partial charge in [0.15, 0.2) is 0 Å². The van der Waals surface area contributed by atoms with Crippen molar-refractivity contribution in [2.75, 3.05) is 27.2 Å². The smallest absolute Gasteiger partial charge is 0.374 e. The third-order valence-corrected chi connectivity index (χ3v) is 7.65. The van der Waals surface area contributed by atoms with Gasteiger partial charge in [0.25, 0.3) is 0 Å². The van der Waals surface area contributed by atoms with Gasteiger partial charge in [-0.1, -0.05) is 12.1 Å². The van der Waals surface area contributed by atoms with Gasteiger partial charge in [-0.2, -0.15) is 13.2 Å². The number of alkyl halides is 3. The van der Waals surface area contributed by atoms with Gasteiger partial charge in [0.1, 0.15) is 17.3 Å². The lowest BCUT2D eigenvalue weighted by Crippen LogP contribution is -2.55. The van der Waals surface area contributed by atoms with Crippen molar-refractivity contribution < 1.29 is 22.4 Å². The van der Waals surface area contributed by atoms with Crippen LogP contribution in [0, 0.1) is 17.1 Å². The Bertz CT molecular complexity index is 980. The Hall–Kier alpha value is -2.62. The highest BCUT2D eigenvalue weighted by molar-refractivity contribution is 5.97. The van der Waals surface area contributed by atoms with Crippen molar-refractivity contribution in [1.29, 1.82) is 5.41 Å². The third kappa shape index (κ3) is 4.52. The monoisotopic (exact) mass is 481 g/mol. The second-order valence-corrected chi connectivity index (χ2v) is 9.68. The predicted octanol–water partition coefficient (Wildman–Crippen LogP) is 4.34. The molecule has 0 atom stereocenters. The number of rotatable bonds is 7. The van der Waals surface area contributed by atoms with Gasteiger partial charge >= 0.3 is 12.2 Å². The second kappa shape index (κ2) is 8.87. The maximum Gasteiger partial charge on any atom is 0.432 e. The van der Waals surface area contributed by atoms with Crippen LogP contribution in [0.15, 0.2) is 36.2 Å². The van der Waals surface area contributed by atoms with Crippen LogP contribution in [0.3, 0.4) is 0 Å². The van der Waals surface area contributed by atoms with Gasteiger partial charge in [0.2, 0.25) is 0 Å². The fraction of sp³-hybridized carbons (Fsp3) is 0.583. The molecule has 0 bridgehead atoms. The van der Waals surface area contributed by atoms with Crippen molar-refractivity contribution in [1.82, 2.24) is 20.4 Å². The summed E-state index contributed by atoms with van der Waals surface area (Å²) >= 11 is 0. The van der Waals surface area contributed by atoms with Crippen molar-refractivity contribution in [3.8, 4) is 0 Å². The van der Waals surface area contributed by atoms with Crippen molar-refractivity contribution in [2.45, 2.75) is 55.8 Å². The van der Waals surface area contributed by atoms with E-state index in [1.165, 1.54) is 24.1 Å². The quantitative estimate of drug-likeness (QED) is 0.401. The number of halogens is 4. The van der Waals surface area contributed by atoms with E-state index < -0.39 is 23.0 Å². The molecule has 2 saturated carbocycles. The van der Waals surface area contributed by atoms with Crippen LogP contribution in [0.2, 0.25) is 0 Å². The van der Waals surface area contributed by atoms with Gasteiger partial charge < -0.3 is 15.5 Å². The first-order valence-corrected chi connectivity index (χ1v) is 11.6. The molecule has 0 unspecified atom stereocenters. The zero-order chi connectivity index (χ0) is 24.7. The lowest BCUT2D eigenvalue weighted by atomic mass is 9.69. The van der Waals surface area contributed by atoms with E-state index in [0.717, 1.165) is 18.4 Å². The Labute approximate surface area is 196 Å².